The van der Waals surface area contributed by atoms with Crippen LogP contribution >= 0.6 is 24.0 Å². The van der Waals surface area contributed by atoms with E-state index in [9.17, 15) is 5.11 Å². The van der Waals surface area contributed by atoms with Crippen molar-refractivity contribution < 1.29 is 9.84 Å². The third kappa shape index (κ3) is 7.94. The zero-order valence-corrected chi connectivity index (χ0v) is 14.4. The molecule has 0 bridgehead atoms. The molecule has 0 spiro atoms. The molecule has 0 saturated heterocycles. The lowest BCUT2D eigenvalue weighted by atomic mass is 10.1. The first kappa shape index (κ1) is 18.9. The molecule has 2 unspecified atom stereocenters. The number of ether oxygens (including phenoxy) is 1. The zero-order valence-electron chi connectivity index (χ0n) is 12.0. The summed E-state index contributed by atoms with van der Waals surface area (Å²) in [7, 11) is 0. The van der Waals surface area contributed by atoms with Gasteiger partial charge in [0.05, 0.1) is 12.7 Å². The second-order valence-electron chi connectivity index (χ2n) is 4.60. The lowest BCUT2D eigenvalue weighted by Crippen LogP contribution is -2.39. The molecule has 1 aliphatic carbocycles. The van der Waals surface area contributed by atoms with Gasteiger partial charge in [-0.3, -0.25) is 4.99 Å². The van der Waals surface area contributed by atoms with Gasteiger partial charge in [-0.05, 0) is 26.7 Å². The molecule has 1 saturated carbocycles. The first-order chi connectivity index (χ1) is 8.77. The van der Waals surface area contributed by atoms with Crippen molar-refractivity contribution in [2.24, 2.45) is 10.9 Å². The number of aliphatic imine (C=N–C) groups is 1. The van der Waals surface area contributed by atoms with Gasteiger partial charge in [-0.2, -0.15) is 0 Å². The first-order valence-electron chi connectivity index (χ1n) is 7.05. The van der Waals surface area contributed by atoms with Crippen LogP contribution in [-0.2, 0) is 4.74 Å². The molecule has 19 heavy (non-hydrogen) atoms. The molecule has 2 atom stereocenters. The summed E-state index contributed by atoms with van der Waals surface area (Å²) < 4.78 is 5.27. The highest BCUT2D eigenvalue weighted by atomic mass is 127. The maximum Gasteiger partial charge on any atom is 0.191 e. The number of aliphatic hydroxyl groups excluding tert-OH is 1. The number of hydrogen-bond donors (Lipinski definition) is 3. The number of rotatable bonds is 7. The van der Waals surface area contributed by atoms with Crippen LogP contribution < -0.4 is 10.6 Å². The van der Waals surface area contributed by atoms with E-state index < -0.39 is 0 Å². The highest BCUT2D eigenvalue weighted by Gasteiger charge is 2.24. The van der Waals surface area contributed by atoms with Crippen molar-refractivity contribution in [3.05, 3.63) is 0 Å². The third-order valence-corrected chi connectivity index (χ3v) is 3.19. The second-order valence-corrected chi connectivity index (χ2v) is 4.60. The average Bonchev–Trinajstić information content (AvgIpc) is 2.77. The van der Waals surface area contributed by atoms with Gasteiger partial charge in [-0.15, -0.1) is 24.0 Å². The predicted molar refractivity (Wildman–Crippen MR) is 89.2 cm³/mol. The molecule has 0 heterocycles. The Kier molecular flexibility index (Phi) is 11.7. The SMILES string of the molecule is CCNC(=NCC1CCCC1O)NCCOCC.I. The van der Waals surface area contributed by atoms with Gasteiger partial charge in [0.1, 0.15) is 0 Å². The molecular weight excluding hydrogens is 357 g/mol. The molecule has 1 aliphatic rings. The van der Waals surface area contributed by atoms with E-state index in [4.69, 9.17) is 4.74 Å². The molecule has 0 amide bonds. The Labute approximate surface area is 133 Å². The van der Waals surface area contributed by atoms with Gasteiger partial charge < -0.3 is 20.5 Å². The average molecular weight is 385 g/mol. The number of halogens is 1. The molecule has 0 aliphatic heterocycles. The predicted octanol–water partition coefficient (Wildman–Crippen LogP) is 1.36. The Morgan fingerprint density at radius 1 is 1.32 bits per heavy atom. The van der Waals surface area contributed by atoms with Gasteiger partial charge in [-0.25, -0.2) is 0 Å². The summed E-state index contributed by atoms with van der Waals surface area (Å²) in [6.07, 6.45) is 2.97. The van der Waals surface area contributed by atoms with Crippen LogP contribution in [-0.4, -0.2) is 50.0 Å². The van der Waals surface area contributed by atoms with Crippen molar-refractivity contribution in [2.45, 2.75) is 39.2 Å². The van der Waals surface area contributed by atoms with Crippen LogP contribution in [0.3, 0.4) is 0 Å². The minimum absolute atomic E-state index is 0. The largest absolute Gasteiger partial charge is 0.393 e. The first-order valence-corrected chi connectivity index (χ1v) is 7.05. The Morgan fingerprint density at radius 2 is 2.11 bits per heavy atom. The summed E-state index contributed by atoms with van der Waals surface area (Å²) in [5.74, 6) is 1.14. The molecule has 1 rings (SSSR count). The van der Waals surface area contributed by atoms with Gasteiger partial charge in [0.15, 0.2) is 5.96 Å². The number of nitrogens with one attached hydrogen (secondary N) is 2. The van der Waals surface area contributed by atoms with Crippen molar-refractivity contribution in [2.75, 3.05) is 32.8 Å². The number of hydrogen-bond acceptors (Lipinski definition) is 3. The molecule has 5 nitrogen and oxygen atoms in total. The lowest BCUT2D eigenvalue weighted by molar-refractivity contribution is 0.136. The number of guanidine groups is 1. The van der Waals surface area contributed by atoms with Crippen molar-refractivity contribution in [1.29, 1.82) is 0 Å². The fraction of sp³-hybridized carbons (Fsp3) is 0.923. The molecule has 0 aromatic heterocycles. The van der Waals surface area contributed by atoms with Crippen molar-refractivity contribution in [3.8, 4) is 0 Å². The number of nitrogens with zero attached hydrogens (tertiary/aromatic N) is 1. The van der Waals surface area contributed by atoms with Gasteiger partial charge in [0, 0.05) is 32.2 Å². The summed E-state index contributed by atoms with van der Waals surface area (Å²) in [4.78, 5) is 4.52. The van der Waals surface area contributed by atoms with Crippen LogP contribution in [0.1, 0.15) is 33.1 Å². The van der Waals surface area contributed by atoms with E-state index in [1.807, 2.05) is 13.8 Å². The molecule has 0 aromatic carbocycles. The molecule has 3 N–H and O–H groups in total. The number of aliphatic hydroxyl groups is 1. The van der Waals surface area contributed by atoms with E-state index in [0.717, 1.165) is 44.9 Å². The van der Waals surface area contributed by atoms with Crippen molar-refractivity contribution in [1.82, 2.24) is 10.6 Å². The van der Waals surface area contributed by atoms with E-state index in [-0.39, 0.29) is 30.1 Å². The molecular formula is C13H28IN3O2. The smallest absolute Gasteiger partial charge is 0.191 e. The van der Waals surface area contributed by atoms with E-state index >= 15 is 0 Å². The monoisotopic (exact) mass is 385 g/mol. The summed E-state index contributed by atoms with van der Waals surface area (Å²) in [5.41, 5.74) is 0. The molecule has 114 valence electrons. The van der Waals surface area contributed by atoms with Crippen LogP contribution in [0, 0.1) is 5.92 Å². The quantitative estimate of drug-likeness (QED) is 0.268. The molecule has 0 aromatic rings. The van der Waals surface area contributed by atoms with E-state index in [0.29, 0.717) is 19.1 Å². The highest BCUT2D eigenvalue weighted by molar-refractivity contribution is 14.0. The highest BCUT2D eigenvalue weighted by Crippen LogP contribution is 2.25. The minimum Gasteiger partial charge on any atom is -0.393 e. The standard InChI is InChI=1S/C13H27N3O2.HI/c1-3-14-13(15-8-9-18-4-2)16-10-11-6-5-7-12(11)17;/h11-12,17H,3-10H2,1-2H3,(H2,14,15,16);1H. The van der Waals surface area contributed by atoms with Gasteiger partial charge >= 0.3 is 0 Å². The Morgan fingerprint density at radius 3 is 2.68 bits per heavy atom. The maximum atomic E-state index is 9.75. The summed E-state index contributed by atoms with van der Waals surface area (Å²) >= 11 is 0. The normalized spacial score (nSPS) is 23.0. The van der Waals surface area contributed by atoms with Crippen LogP contribution in [0.4, 0.5) is 0 Å². The van der Waals surface area contributed by atoms with Crippen LogP contribution in [0.15, 0.2) is 4.99 Å². The maximum absolute atomic E-state index is 9.75. The molecule has 1 fully saturated rings. The Balaban J connectivity index is 0.00000324. The van der Waals surface area contributed by atoms with Gasteiger partial charge in [0.25, 0.3) is 0 Å². The van der Waals surface area contributed by atoms with Crippen LogP contribution in [0.25, 0.3) is 0 Å². The molecule has 6 heteroatoms. The summed E-state index contributed by atoms with van der Waals surface area (Å²) in [6.45, 7) is 7.76. The Hall–Kier alpha value is -0.0800. The summed E-state index contributed by atoms with van der Waals surface area (Å²) in [5, 5.41) is 16.2. The zero-order chi connectivity index (χ0) is 13.2. The van der Waals surface area contributed by atoms with E-state index in [1.165, 1.54) is 0 Å². The summed E-state index contributed by atoms with van der Waals surface area (Å²) in [6, 6.07) is 0. The third-order valence-electron chi connectivity index (χ3n) is 3.19. The van der Waals surface area contributed by atoms with Crippen molar-refractivity contribution >= 4 is 29.9 Å². The van der Waals surface area contributed by atoms with Gasteiger partial charge in [0.2, 0.25) is 0 Å². The fourth-order valence-electron chi connectivity index (χ4n) is 2.17. The topological polar surface area (TPSA) is 65.9 Å². The van der Waals surface area contributed by atoms with E-state index in [1.54, 1.807) is 0 Å². The van der Waals surface area contributed by atoms with Crippen molar-refractivity contribution in [3.63, 3.8) is 0 Å². The Bertz CT molecular complexity index is 252. The second kappa shape index (κ2) is 11.7. The van der Waals surface area contributed by atoms with E-state index in [2.05, 4.69) is 15.6 Å². The van der Waals surface area contributed by atoms with Gasteiger partial charge in [-0.1, -0.05) is 6.42 Å². The van der Waals surface area contributed by atoms with Crippen LogP contribution in [0.5, 0.6) is 0 Å². The molecule has 0 radical (unpaired) electrons. The minimum atomic E-state index is -0.167. The lowest BCUT2D eigenvalue weighted by Gasteiger charge is -2.14. The van der Waals surface area contributed by atoms with Crippen LogP contribution in [0.2, 0.25) is 0 Å². The fourth-order valence-corrected chi connectivity index (χ4v) is 2.17.